The Balaban J connectivity index is 1.88. The maximum atomic E-state index is 11.8. The van der Waals surface area contributed by atoms with Crippen molar-refractivity contribution in [3.8, 4) is 0 Å². The third-order valence-electron chi connectivity index (χ3n) is 6.13. The minimum absolute atomic E-state index is 0.248. The molecule has 4 rings (SSSR count). The van der Waals surface area contributed by atoms with Crippen LogP contribution in [0, 0.1) is 6.92 Å². The van der Waals surface area contributed by atoms with Gasteiger partial charge in [-0.2, -0.15) is 0 Å². The van der Waals surface area contributed by atoms with E-state index in [0.717, 1.165) is 23.7 Å². The highest BCUT2D eigenvalue weighted by molar-refractivity contribution is 14.1. The summed E-state index contributed by atoms with van der Waals surface area (Å²) in [6.45, 7) is 2.16. The molecule has 31 heavy (non-hydrogen) atoms. The number of benzene rings is 3. The molecular weight excluding hydrogens is 517 g/mol. The van der Waals surface area contributed by atoms with Crippen molar-refractivity contribution in [3.05, 3.63) is 100 Å². The van der Waals surface area contributed by atoms with Crippen LogP contribution in [0.25, 0.3) is 0 Å². The molecule has 0 saturated carbocycles. The summed E-state index contributed by atoms with van der Waals surface area (Å²) in [5, 5.41) is 0. The first-order valence-corrected chi connectivity index (χ1v) is 14.1. The number of sulfonamides is 1. The Hall–Kier alpha value is -1.86. The number of nitrogens with one attached hydrogen (secondary N) is 1. The van der Waals surface area contributed by atoms with Gasteiger partial charge in [0.05, 0.1) is 6.26 Å². The third kappa shape index (κ3) is 5.14. The van der Waals surface area contributed by atoms with Gasteiger partial charge in [0.1, 0.15) is 0 Å². The van der Waals surface area contributed by atoms with Gasteiger partial charge in [-0.15, -0.1) is 0 Å². The molecule has 162 valence electrons. The van der Waals surface area contributed by atoms with Crippen molar-refractivity contribution in [2.24, 2.45) is 0 Å². The van der Waals surface area contributed by atoms with Gasteiger partial charge in [-0.3, -0.25) is 4.72 Å². The van der Waals surface area contributed by atoms with E-state index in [0.29, 0.717) is 5.69 Å². The quantitative estimate of drug-likeness (QED) is 0.296. The summed E-state index contributed by atoms with van der Waals surface area (Å²) in [7, 11) is -3.32. The van der Waals surface area contributed by atoms with Crippen molar-refractivity contribution in [2.75, 3.05) is 15.4 Å². The lowest BCUT2D eigenvalue weighted by molar-refractivity contribution is 0.591. The van der Waals surface area contributed by atoms with Crippen molar-refractivity contribution in [1.29, 1.82) is 0 Å². The van der Waals surface area contributed by atoms with Crippen LogP contribution in [0.5, 0.6) is 0 Å². The predicted octanol–water partition coefficient (Wildman–Crippen LogP) is 6.21. The highest BCUT2D eigenvalue weighted by Crippen LogP contribution is 2.45. The fourth-order valence-corrected chi connectivity index (χ4v) is 6.11. The normalized spacial score (nSPS) is 16.7. The molecule has 1 aliphatic rings. The van der Waals surface area contributed by atoms with Crippen LogP contribution >= 0.6 is 22.6 Å². The van der Waals surface area contributed by atoms with Crippen LogP contribution in [0.2, 0.25) is 0 Å². The Kier molecular flexibility index (Phi) is 6.72. The van der Waals surface area contributed by atoms with Crippen molar-refractivity contribution in [2.45, 2.75) is 38.0 Å². The summed E-state index contributed by atoms with van der Waals surface area (Å²) < 4.78 is 27.3. The zero-order valence-corrected chi connectivity index (χ0v) is 20.9. The van der Waals surface area contributed by atoms with E-state index in [2.05, 4.69) is 82.8 Å². The number of aryl methyl sites for hydroxylation is 3. The van der Waals surface area contributed by atoms with Crippen molar-refractivity contribution in [3.63, 3.8) is 0 Å². The molecule has 0 bridgehead atoms. The molecule has 3 nitrogen and oxygen atoms in total. The maximum Gasteiger partial charge on any atom is 0.229 e. The first kappa shape index (κ1) is 22.3. The smallest absolute Gasteiger partial charge is 0.229 e. The Labute approximate surface area is 199 Å². The molecule has 5 heteroatoms. The van der Waals surface area contributed by atoms with E-state index in [1.54, 1.807) is 0 Å². The first-order valence-electron chi connectivity index (χ1n) is 10.7. The number of anilines is 1. The molecule has 2 atom stereocenters. The zero-order valence-electron chi connectivity index (χ0n) is 17.9. The second-order valence-electron chi connectivity index (χ2n) is 8.46. The lowest BCUT2D eigenvalue weighted by Crippen LogP contribution is -2.16. The summed E-state index contributed by atoms with van der Waals surface area (Å²) in [5.74, 6) is 0.511. The maximum absolute atomic E-state index is 11.8. The molecule has 1 aliphatic carbocycles. The highest BCUT2D eigenvalue weighted by Gasteiger charge is 2.31. The number of hydrogen-bond acceptors (Lipinski definition) is 2. The standard InChI is InChI=1S/C26H28INO2S/c1-18-10-13-24-21(16-18)12-11-19-6-3-4-9-23(19)26(24)25(14-15-27)20-7-5-8-22(17-20)28-31(2,29)30/h3-10,13,16-17,25-26,28H,11-12,14-15H2,1-2H3/t25-,26?/m0/s1. The summed E-state index contributed by atoms with van der Waals surface area (Å²) in [5.41, 5.74) is 8.78. The van der Waals surface area contributed by atoms with Gasteiger partial charge in [0.15, 0.2) is 0 Å². The van der Waals surface area contributed by atoms with Gasteiger partial charge in [0.2, 0.25) is 10.0 Å². The van der Waals surface area contributed by atoms with Gasteiger partial charge in [0, 0.05) is 16.0 Å². The Morgan fingerprint density at radius 1 is 0.968 bits per heavy atom. The van der Waals surface area contributed by atoms with Crippen LogP contribution < -0.4 is 4.72 Å². The molecular formula is C26H28INO2S. The van der Waals surface area contributed by atoms with Crippen LogP contribution in [-0.2, 0) is 22.9 Å². The van der Waals surface area contributed by atoms with Gasteiger partial charge < -0.3 is 0 Å². The van der Waals surface area contributed by atoms with Crippen LogP contribution in [0.15, 0.2) is 66.7 Å². The topological polar surface area (TPSA) is 46.2 Å². The number of rotatable bonds is 6. The number of hydrogen-bond donors (Lipinski definition) is 1. The molecule has 3 aromatic carbocycles. The highest BCUT2D eigenvalue weighted by atomic mass is 127. The first-order chi connectivity index (χ1) is 14.9. The Morgan fingerprint density at radius 2 is 1.71 bits per heavy atom. The van der Waals surface area contributed by atoms with Gasteiger partial charge in [0.25, 0.3) is 0 Å². The second kappa shape index (κ2) is 9.33. The van der Waals surface area contributed by atoms with Crippen molar-refractivity contribution >= 4 is 38.3 Å². The van der Waals surface area contributed by atoms with Crippen LogP contribution in [0.1, 0.15) is 51.6 Å². The summed E-state index contributed by atoms with van der Waals surface area (Å²) in [6.07, 6.45) is 4.32. The summed E-state index contributed by atoms with van der Waals surface area (Å²) in [4.78, 5) is 0. The van der Waals surface area contributed by atoms with Crippen molar-refractivity contribution < 1.29 is 8.42 Å². The minimum Gasteiger partial charge on any atom is -0.284 e. The molecule has 0 radical (unpaired) electrons. The monoisotopic (exact) mass is 545 g/mol. The second-order valence-corrected chi connectivity index (χ2v) is 11.3. The molecule has 0 fully saturated rings. The lowest BCUT2D eigenvalue weighted by atomic mass is 9.74. The van der Waals surface area contributed by atoms with E-state index < -0.39 is 10.0 Å². The van der Waals surface area contributed by atoms with E-state index in [1.165, 1.54) is 39.6 Å². The predicted molar refractivity (Wildman–Crippen MR) is 138 cm³/mol. The van der Waals surface area contributed by atoms with E-state index in [9.17, 15) is 8.42 Å². The summed E-state index contributed by atoms with van der Waals surface area (Å²) in [6, 6.07) is 23.7. The molecule has 0 aromatic heterocycles. The molecule has 1 unspecified atom stereocenters. The van der Waals surface area contributed by atoms with Gasteiger partial charge in [-0.25, -0.2) is 8.42 Å². The summed E-state index contributed by atoms with van der Waals surface area (Å²) >= 11 is 2.46. The number of fused-ring (bicyclic) bond motifs is 2. The van der Waals surface area contributed by atoms with Crippen molar-refractivity contribution in [1.82, 2.24) is 0 Å². The number of alkyl halides is 1. The lowest BCUT2D eigenvalue weighted by Gasteiger charge is -2.30. The Bertz CT molecular complexity index is 1190. The fourth-order valence-electron chi connectivity index (χ4n) is 4.88. The van der Waals surface area contributed by atoms with Crippen LogP contribution in [-0.4, -0.2) is 19.1 Å². The molecule has 3 aromatic rings. The third-order valence-corrected chi connectivity index (χ3v) is 7.36. The number of halogens is 1. The van der Waals surface area contributed by atoms with Gasteiger partial charge in [-0.1, -0.05) is 82.8 Å². The van der Waals surface area contributed by atoms with E-state index >= 15 is 0 Å². The molecule has 0 amide bonds. The molecule has 0 heterocycles. The van der Waals surface area contributed by atoms with Crippen LogP contribution in [0.4, 0.5) is 5.69 Å². The van der Waals surface area contributed by atoms with Gasteiger partial charge in [-0.05, 0) is 72.1 Å². The van der Waals surface area contributed by atoms with E-state index in [-0.39, 0.29) is 11.8 Å². The zero-order chi connectivity index (χ0) is 22.0. The molecule has 0 spiro atoms. The largest absolute Gasteiger partial charge is 0.284 e. The van der Waals surface area contributed by atoms with E-state index in [1.807, 2.05) is 18.2 Å². The molecule has 0 saturated heterocycles. The average Bonchev–Trinajstić information content (AvgIpc) is 2.88. The van der Waals surface area contributed by atoms with Crippen LogP contribution in [0.3, 0.4) is 0 Å². The van der Waals surface area contributed by atoms with E-state index in [4.69, 9.17) is 0 Å². The fraction of sp³-hybridized carbons (Fsp3) is 0.308. The average molecular weight is 545 g/mol. The minimum atomic E-state index is -3.32. The molecule has 0 aliphatic heterocycles. The van der Waals surface area contributed by atoms with Gasteiger partial charge >= 0.3 is 0 Å². The SMILES string of the molecule is Cc1ccc2c(c1)CCc1ccccc1C2[C@@H](CCI)c1cccc(NS(C)(=O)=O)c1. The molecule has 1 N–H and O–H groups in total. The Morgan fingerprint density at radius 3 is 2.48 bits per heavy atom.